The zero-order valence-corrected chi connectivity index (χ0v) is 19.7. The Bertz CT molecular complexity index is 902. The number of aromatic nitrogens is 1. The first-order chi connectivity index (χ1) is 13.0. The Morgan fingerprint density at radius 1 is 1.29 bits per heavy atom. The van der Waals surface area contributed by atoms with Crippen LogP contribution in [0, 0.1) is 6.92 Å². The lowest BCUT2D eigenvalue weighted by molar-refractivity contribution is 0.0677. The Morgan fingerprint density at radius 2 is 2.11 bits per heavy atom. The fourth-order valence-electron chi connectivity index (χ4n) is 3.20. The highest BCUT2D eigenvalue weighted by molar-refractivity contribution is 14.0. The average molecular weight is 512 g/mol. The maximum absolute atomic E-state index is 10.7. The smallest absolute Gasteiger partial charge is 0.191 e. The molecule has 0 spiro atoms. The highest BCUT2D eigenvalue weighted by atomic mass is 127. The van der Waals surface area contributed by atoms with Gasteiger partial charge in [-0.25, -0.2) is 4.99 Å². The van der Waals surface area contributed by atoms with Crippen LogP contribution in [0.4, 0.5) is 0 Å². The molecule has 0 radical (unpaired) electrons. The molecule has 0 aliphatic rings. The summed E-state index contributed by atoms with van der Waals surface area (Å²) in [6, 6.07) is 8.27. The van der Waals surface area contributed by atoms with Gasteiger partial charge in [-0.05, 0) is 66.8 Å². The standard InChI is InChI=1S/C21H28N4OS.HI/c1-4-22-20(25-14-21(3,26)17-9-11-27-13-17)23-10-8-16-12-24-18-7-5-6-15(2)19(16)18;/h5-7,9,11-13,24,26H,4,8,10,14H2,1-3H3,(H2,22,23,25);1H. The van der Waals surface area contributed by atoms with Gasteiger partial charge in [-0.3, -0.25) is 0 Å². The van der Waals surface area contributed by atoms with E-state index in [0.29, 0.717) is 6.54 Å². The third-order valence-electron chi connectivity index (χ3n) is 4.71. The highest BCUT2D eigenvalue weighted by Gasteiger charge is 2.23. The lowest BCUT2D eigenvalue weighted by Crippen LogP contribution is -2.39. The molecule has 7 heteroatoms. The summed E-state index contributed by atoms with van der Waals surface area (Å²) in [6.07, 6.45) is 2.99. The van der Waals surface area contributed by atoms with Crippen molar-refractivity contribution in [2.75, 3.05) is 19.6 Å². The van der Waals surface area contributed by atoms with E-state index in [1.807, 2.05) is 23.8 Å². The van der Waals surface area contributed by atoms with Gasteiger partial charge < -0.3 is 20.7 Å². The van der Waals surface area contributed by atoms with Crippen LogP contribution in [0.3, 0.4) is 0 Å². The molecule has 3 aromatic rings. The fourth-order valence-corrected chi connectivity index (χ4v) is 3.98. The quantitative estimate of drug-likeness (QED) is 0.218. The maximum Gasteiger partial charge on any atom is 0.191 e. The fraction of sp³-hybridized carbons (Fsp3) is 0.381. The zero-order valence-electron chi connectivity index (χ0n) is 16.6. The van der Waals surface area contributed by atoms with Crippen LogP contribution in [0.5, 0.6) is 0 Å². The minimum Gasteiger partial charge on any atom is -0.383 e. The molecule has 1 atom stereocenters. The van der Waals surface area contributed by atoms with Crippen molar-refractivity contribution >= 4 is 52.2 Å². The van der Waals surface area contributed by atoms with Crippen molar-refractivity contribution in [3.05, 3.63) is 57.9 Å². The second-order valence-corrected chi connectivity index (χ2v) is 7.75. The summed E-state index contributed by atoms with van der Waals surface area (Å²) < 4.78 is 0. The summed E-state index contributed by atoms with van der Waals surface area (Å²) >= 11 is 1.58. The van der Waals surface area contributed by atoms with Gasteiger partial charge in [0.1, 0.15) is 5.60 Å². The van der Waals surface area contributed by atoms with E-state index in [1.165, 1.54) is 22.0 Å². The molecule has 4 N–H and O–H groups in total. The molecular weight excluding hydrogens is 483 g/mol. The van der Waals surface area contributed by atoms with Crippen LogP contribution in [0.2, 0.25) is 0 Å². The third-order valence-corrected chi connectivity index (χ3v) is 5.40. The number of rotatable bonds is 7. The largest absolute Gasteiger partial charge is 0.383 e. The Balaban J connectivity index is 0.00000280. The SMILES string of the molecule is CCNC(=NCC(C)(O)c1ccsc1)NCCc1c[nH]c2cccc(C)c12.I. The molecule has 0 saturated carbocycles. The molecule has 0 aliphatic carbocycles. The molecule has 2 aromatic heterocycles. The number of guanidine groups is 1. The molecule has 0 bridgehead atoms. The molecule has 152 valence electrons. The van der Waals surface area contributed by atoms with Crippen molar-refractivity contribution in [2.45, 2.75) is 32.8 Å². The van der Waals surface area contributed by atoms with E-state index in [0.717, 1.165) is 31.0 Å². The van der Waals surface area contributed by atoms with Gasteiger partial charge in [0.15, 0.2) is 5.96 Å². The highest BCUT2D eigenvalue weighted by Crippen LogP contribution is 2.23. The molecule has 28 heavy (non-hydrogen) atoms. The van der Waals surface area contributed by atoms with Crippen LogP contribution in [0.25, 0.3) is 10.9 Å². The van der Waals surface area contributed by atoms with Gasteiger partial charge in [0.25, 0.3) is 0 Å². The predicted octanol–water partition coefficient (Wildman–Crippen LogP) is 4.16. The minimum atomic E-state index is -0.962. The van der Waals surface area contributed by atoms with Crippen molar-refractivity contribution < 1.29 is 5.11 Å². The zero-order chi connectivity index (χ0) is 19.3. The summed E-state index contributed by atoms with van der Waals surface area (Å²) in [5.74, 6) is 0.726. The number of nitrogens with zero attached hydrogens (tertiary/aromatic N) is 1. The number of thiophene rings is 1. The van der Waals surface area contributed by atoms with Crippen LogP contribution in [0.15, 0.2) is 46.2 Å². The van der Waals surface area contributed by atoms with E-state index < -0.39 is 5.60 Å². The van der Waals surface area contributed by atoms with Gasteiger partial charge in [0.05, 0.1) is 6.54 Å². The summed E-state index contributed by atoms with van der Waals surface area (Å²) in [6.45, 7) is 7.84. The average Bonchev–Trinajstić information content (AvgIpc) is 3.31. The monoisotopic (exact) mass is 512 g/mol. The van der Waals surface area contributed by atoms with Gasteiger partial charge >= 0.3 is 0 Å². The molecule has 0 saturated heterocycles. The molecule has 5 nitrogen and oxygen atoms in total. The molecule has 2 heterocycles. The van der Waals surface area contributed by atoms with E-state index in [9.17, 15) is 5.11 Å². The Morgan fingerprint density at radius 3 is 2.82 bits per heavy atom. The third kappa shape index (κ3) is 5.48. The molecule has 3 rings (SSSR count). The lowest BCUT2D eigenvalue weighted by Gasteiger charge is -2.21. The second-order valence-electron chi connectivity index (χ2n) is 6.97. The predicted molar refractivity (Wildman–Crippen MR) is 130 cm³/mol. The molecule has 1 unspecified atom stereocenters. The van der Waals surface area contributed by atoms with E-state index in [1.54, 1.807) is 18.3 Å². The number of aliphatic imine (C=N–C) groups is 1. The second kappa shape index (κ2) is 10.3. The summed E-state index contributed by atoms with van der Waals surface area (Å²) in [7, 11) is 0. The number of aliphatic hydroxyl groups is 1. The Labute approximate surface area is 187 Å². The summed E-state index contributed by atoms with van der Waals surface area (Å²) in [5, 5.41) is 22.5. The van der Waals surface area contributed by atoms with Crippen molar-refractivity contribution in [2.24, 2.45) is 4.99 Å². The van der Waals surface area contributed by atoms with Crippen molar-refractivity contribution in [3.8, 4) is 0 Å². The van der Waals surface area contributed by atoms with E-state index >= 15 is 0 Å². The number of nitrogens with one attached hydrogen (secondary N) is 3. The van der Waals surface area contributed by atoms with Crippen LogP contribution >= 0.6 is 35.3 Å². The van der Waals surface area contributed by atoms with Crippen molar-refractivity contribution in [3.63, 3.8) is 0 Å². The molecule has 0 amide bonds. The van der Waals surface area contributed by atoms with E-state index in [-0.39, 0.29) is 24.0 Å². The number of halogens is 1. The van der Waals surface area contributed by atoms with Crippen LogP contribution in [0.1, 0.15) is 30.5 Å². The first kappa shape index (κ1) is 22.7. The van der Waals surface area contributed by atoms with Gasteiger partial charge in [-0.15, -0.1) is 24.0 Å². The normalized spacial score (nSPS) is 13.8. The summed E-state index contributed by atoms with van der Waals surface area (Å²) in [4.78, 5) is 7.93. The first-order valence-corrected chi connectivity index (χ1v) is 10.3. The number of aromatic amines is 1. The van der Waals surface area contributed by atoms with Gasteiger partial charge in [0, 0.05) is 30.2 Å². The molecule has 1 aromatic carbocycles. The molecular formula is C21H29IN4OS. The Kier molecular flexibility index (Phi) is 8.33. The number of aryl methyl sites for hydroxylation is 1. The first-order valence-electron chi connectivity index (χ1n) is 9.34. The lowest BCUT2D eigenvalue weighted by atomic mass is 10.00. The summed E-state index contributed by atoms with van der Waals surface area (Å²) in [5.41, 5.74) is 3.71. The van der Waals surface area contributed by atoms with Crippen LogP contribution < -0.4 is 10.6 Å². The number of benzene rings is 1. The van der Waals surface area contributed by atoms with Gasteiger partial charge in [0.2, 0.25) is 0 Å². The van der Waals surface area contributed by atoms with Crippen LogP contribution in [-0.4, -0.2) is 35.7 Å². The minimum absolute atomic E-state index is 0. The van der Waals surface area contributed by atoms with Crippen LogP contribution in [-0.2, 0) is 12.0 Å². The van der Waals surface area contributed by atoms with Crippen molar-refractivity contribution in [1.29, 1.82) is 0 Å². The number of hydrogen-bond acceptors (Lipinski definition) is 3. The molecule has 0 fully saturated rings. The molecule has 0 aliphatic heterocycles. The van der Waals surface area contributed by atoms with Gasteiger partial charge in [-0.2, -0.15) is 11.3 Å². The van der Waals surface area contributed by atoms with E-state index in [4.69, 9.17) is 0 Å². The number of hydrogen-bond donors (Lipinski definition) is 4. The van der Waals surface area contributed by atoms with Crippen molar-refractivity contribution in [1.82, 2.24) is 15.6 Å². The maximum atomic E-state index is 10.7. The topological polar surface area (TPSA) is 72.4 Å². The Hall–Kier alpha value is -1.58. The van der Waals surface area contributed by atoms with E-state index in [2.05, 4.69) is 51.9 Å². The number of H-pyrrole nitrogens is 1. The van der Waals surface area contributed by atoms with Gasteiger partial charge in [-0.1, -0.05) is 12.1 Å². The number of fused-ring (bicyclic) bond motifs is 1.